The predicted octanol–water partition coefficient (Wildman–Crippen LogP) is 3.34. The molecule has 0 aromatic heterocycles. The van der Waals surface area contributed by atoms with E-state index in [9.17, 15) is 10.0 Å². The smallest absolute Gasteiger partial charge is 0.281 e. The highest BCUT2D eigenvalue weighted by Crippen LogP contribution is 2.19. The summed E-state index contributed by atoms with van der Waals surface area (Å²) in [6.07, 6.45) is 0. The van der Waals surface area contributed by atoms with Gasteiger partial charge in [-0.15, -0.1) is 0 Å². The van der Waals surface area contributed by atoms with E-state index in [1.54, 1.807) is 24.3 Å². The van der Waals surface area contributed by atoms with Gasteiger partial charge in [0.25, 0.3) is 5.91 Å². The van der Waals surface area contributed by atoms with Crippen molar-refractivity contribution in [2.45, 2.75) is 13.8 Å². The Morgan fingerprint density at radius 1 is 1.00 bits per heavy atom. The Labute approximate surface area is 106 Å². The molecule has 0 aliphatic carbocycles. The molecular formula is C15H15NO2. The van der Waals surface area contributed by atoms with E-state index in [0.29, 0.717) is 16.3 Å². The first-order chi connectivity index (χ1) is 8.59. The number of hydroxylamine groups is 1. The number of rotatable bonds is 2. The van der Waals surface area contributed by atoms with Crippen molar-refractivity contribution in [3.63, 3.8) is 0 Å². The van der Waals surface area contributed by atoms with E-state index in [4.69, 9.17) is 0 Å². The molecule has 0 radical (unpaired) electrons. The van der Waals surface area contributed by atoms with E-state index < -0.39 is 5.91 Å². The third kappa shape index (κ3) is 2.41. The highest BCUT2D eigenvalue weighted by Gasteiger charge is 2.16. The van der Waals surface area contributed by atoms with E-state index in [-0.39, 0.29) is 0 Å². The van der Waals surface area contributed by atoms with Gasteiger partial charge in [-0.05, 0) is 37.6 Å². The lowest BCUT2D eigenvalue weighted by Gasteiger charge is -2.17. The van der Waals surface area contributed by atoms with Gasteiger partial charge in [0.1, 0.15) is 0 Å². The lowest BCUT2D eigenvalue weighted by Crippen LogP contribution is -2.27. The standard InChI is InChI=1S/C15H15NO2/c1-11-7-9-13(10-8-11)15(17)16(18)14-6-4-3-5-12(14)2/h3-10,18H,1-2H3. The molecule has 0 saturated carbocycles. The van der Waals surface area contributed by atoms with Crippen LogP contribution in [0.2, 0.25) is 0 Å². The van der Waals surface area contributed by atoms with Crippen LogP contribution in [0, 0.1) is 13.8 Å². The third-order valence-electron chi connectivity index (χ3n) is 2.83. The van der Waals surface area contributed by atoms with E-state index in [0.717, 1.165) is 11.1 Å². The van der Waals surface area contributed by atoms with Crippen LogP contribution in [0.1, 0.15) is 21.5 Å². The van der Waals surface area contributed by atoms with Gasteiger partial charge in [-0.25, -0.2) is 0 Å². The highest BCUT2D eigenvalue weighted by molar-refractivity contribution is 6.04. The second-order valence-corrected chi connectivity index (χ2v) is 4.27. The summed E-state index contributed by atoms with van der Waals surface area (Å²) in [6.45, 7) is 3.80. The molecule has 0 atom stereocenters. The average Bonchev–Trinajstić information content (AvgIpc) is 2.38. The molecule has 1 amide bonds. The number of hydrogen-bond donors (Lipinski definition) is 1. The van der Waals surface area contributed by atoms with Crippen molar-refractivity contribution in [1.29, 1.82) is 0 Å². The van der Waals surface area contributed by atoms with Gasteiger partial charge >= 0.3 is 0 Å². The Morgan fingerprint density at radius 3 is 2.22 bits per heavy atom. The van der Waals surface area contributed by atoms with Crippen molar-refractivity contribution in [3.05, 3.63) is 65.2 Å². The molecule has 18 heavy (non-hydrogen) atoms. The van der Waals surface area contributed by atoms with Crippen LogP contribution in [0.15, 0.2) is 48.5 Å². The zero-order valence-corrected chi connectivity index (χ0v) is 10.4. The zero-order valence-electron chi connectivity index (χ0n) is 10.4. The lowest BCUT2D eigenvalue weighted by molar-refractivity contribution is 0.0854. The van der Waals surface area contributed by atoms with E-state index in [1.807, 2.05) is 38.1 Å². The molecule has 0 heterocycles. The SMILES string of the molecule is Cc1ccc(C(=O)N(O)c2ccccc2C)cc1. The number of carbonyl (C=O) groups is 1. The number of benzene rings is 2. The van der Waals surface area contributed by atoms with Crippen LogP contribution >= 0.6 is 0 Å². The van der Waals surface area contributed by atoms with Crippen molar-refractivity contribution in [3.8, 4) is 0 Å². The maximum Gasteiger partial charge on any atom is 0.281 e. The lowest BCUT2D eigenvalue weighted by atomic mass is 10.1. The second-order valence-electron chi connectivity index (χ2n) is 4.27. The largest absolute Gasteiger partial charge is 0.281 e. The predicted molar refractivity (Wildman–Crippen MR) is 71.0 cm³/mol. The molecule has 0 unspecified atom stereocenters. The normalized spacial score (nSPS) is 10.2. The Morgan fingerprint density at radius 2 is 1.61 bits per heavy atom. The monoisotopic (exact) mass is 241 g/mol. The maximum atomic E-state index is 12.1. The quantitative estimate of drug-likeness (QED) is 0.647. The van der Waals surface area contributed by atoms with Crippen molar-refractivity contribution in [1.82, 2.24) is 0 Å². The van der Waals surface area contributed by atoms with Gasteiger partial charge in [0, 0.05) is 5.56 Å². The van der Waals surface area contributed by atoms with Crippen LogP contribution in [0.25, 0.3) is 0 Å². The summed E-state index contributed by atoms with van der Waals surface area (Å²) in [4.78, 5) is 12.1. The number of para-hydroxylation sites is 1. The minimum Gasteiger partial charge on any atom is -0.281 e. The molecule has 0 fully saturated rings. The molecule has 0 aliphatic heterocycles. The molecular weight excluding hydrogens is 226 g/mol. The van der Waals surface area contributed by atoms with Crippen LogP contribution < -0.4 is 5.06 Å². The van der Waals surface area contributed by atoms with Gasteiger partial charge in [-0.1, -0.05) is 35.9 Å². The molecule has 0 aliphatic rings. The molecule has 1 N–H and O–H groups in total. The van der Waals surface area contributed by atoms with Crippen molar-refractivity contribution in [2.24, 2.45) is 0 Å². The van der Waals surface area contributed by atoms with Gasteiger partial charge in [-0.2, -0.15) is 5.06 Å². The fourth-order valence-electron chi connectivity index (χ4n) is 1.73. The molecule has 0 spiro atoms. The molecule has 92 valence electrons. The van der Waals surface area contributed by atoms with Crippen LogP contribution in [-0.2, 0) is 0 Å². The topological polar surface area (TPSA) is 40.5 Å². The number of anilines is 1. The average molecular weight is 241 g/mol. The summed E-state index contributed by atoms with van der Waals surface area (Å²) in [5.41, 5.74) is 2.89. The molecule has 0 bridgehead atoms. The molecule has 3 heteroatoms. The highest BCUT2D eigenvalue weighted by atomic mass is 16.5. The minimum atomic E-state index is -0.427. The summed E-state index contributed by atoms with van der Waals surface area (Å²) < 4.78 is 0. The third-order valence-corrected chi connectivity index (χ3v) is 2.83. The first kappa shape index (κ1) is 12.3. The second kappa shape index (κ2) is 5.02. The van der Waals surface area contributed by atoms with E-state index in [2.05, 4.69) is 0 Å². The number of aryl methyl sites for hydroxylation is 2. The molecule has 2 rings (SSSR count). The van der Waals surface area contributed by atoms with Crippen LogP contribution in [0.3, 0.4) is 0 Å². The number of amides is 1. The van der Waals surface area contributed by atoms with Gasteiger partial charge < -0.3 is 0 Å². The molecule has 2 aromatic carbocycles. The Bertz CT molecular complexity index is 561. The van der Waals surface area contributed by atoms with Crippen LogP contribution in [-0.4, -0.2) is 11.1 Å². The van der Waals surface area contributed by atoms with E-state index in [1.165, 1.54) is 0 Å². The number of hydrogen-bond acceptors (Lipinski definition) is 2. The van der Waals surface area contributed by atoms with Gasteiger partial charge in [0.2, 0.25) is 0 Å². The fraction of sp³-hybridized carbons (Fsp3) is 0.133. The number of carbonyl (C=O) groups excluding carboxylic acids is 1. The molecule has 3 nitrogen and oxygen atoms in total. The van der Waals surface area contributed by atoms with Crippen molar-refractivity contribution < 1.29 is 10.0 Å². The van der Waals surface area contributed by atoms with Crippen molar-refractivity contribution >= 4 is 11.6 Å². The molecule has 2 aromatic rings. The van der Waals surface area contributed by atoms with Crippen molar-refractivity contribution in [2.75, 3.05) is 5.06 Å². The minimum absolute atomic E-state index is 0.427. The Hall–Kier alpha value is -2.13. The molecule has 0 saturated heterocycles. The zero-order chi connectivity index (χ0) is 13.1. The summed E-state index contributed by atoms with van der Waals surface area (Å²) >= 11 is 0. The summed E-state index contributed by atoms with van der Waals surface area (Å²) in [5.74, 6) is -0.427. The fourth-order valence-corrected chi connectivity index (χ4v) is 1.73. The summed E-state index contributed by atoms with van der Waals surface area (Å²) in [6, 6.07) is 14.3. The van der Waals surface area contributed by atoms with Crippen LogP contribution in [0.4, 0.5) is 5.69 Å². The Balaban J connectivity index is 2.29. The van der Waals surface area contributed by atoms with Gasteiger partial charge in [0.05, 0.1) is 5.69 Å². The first-order valence-electron chi connectivity index (χ1n) is 5.75. The van der Waals surface area contributed by atoms with Gasteiger partial charge in [0.15, 0.2) is 0 Å². The Kier molecular flexibility index (Phi) is 3.44. The van der Waals surface area contributed by atoms with E-state index >= 15 is 0 Å². The van der Waals surface area contributed by atoms with Gasteiger partial charge in [-0.3, -0.25) is 10.0 Å². The first-order valence-corrected chi connectivity index (χ1v) is 5.75. The number of nitrogens with zero attached hydrogens (tertiary/aromatic N) is 1. The summed E-state index contributed by atoms with van der Waals surface area (Å²) in [5, 5.41) is 10.7. The summed E-state index contributed by atoms with van der Waals surface area (Å²) in [7, 11) is 0. The maximum absolute atomic E-state index is 12.1. The van der Waals surface area contributed by atoms with Crippen LogP contribution in [0.5, 0.6) is 0 Å².